The molecule has 1 aromatic carbocycles. The van der Waals surface area contributed by atoms with Gasteiger partial charge in [-0.3, -0.25) is 14.0 Å². The molecule has 3 aromatic rings. The molecule has 2 amide bonds. The topological polar surface area (TPSA) is 75.5 Å². The Hall–Kier alpha value is -3.15. The van der Waals surface area contributed by atoms with Crippen LogP contribution in [0.1, 0.15) is 60.8 Å². The Morgan fingerprint density at radius 3 is 2.39 bits per heavy atom. The molecule has 2 aromatic heterocycles. The standard InChI is InChI=1S/C22H26N4O2/c1-5-13-23-20(27)18-17-8-6-7-14-26(17)19(25-18)21(28)24-16-11-9-15(10-12-16)22(2,3)4/h6-12,14H,5,13H2,1-4H3,(H,23,27)(H,24,28). The van der Waals surface area contributed by atoms with Crippen LogP contribution in [0.5, 0.6) is 0 Å². The lowest BCUT2D eigenvalue weighted by Crippen LogP contribution is -2.24. The van der Waals surface area contributed by atoms with Gasteiger partial charge in [-0.2, -0.15) is 0 Å². The smallest absolute Gasteiger partial charge is 0.292 e. The number of hydrogen-bond acceptors (Lipinski definition) is 3. The second-order valence-corrected chi connectivity index (χ2v) is 7.78. The summed E-state index contributed by atoms with van der Waals surface area (Å²) in [6.07, 6.45) is 2.56. The maximum atomic E-state index is 12.8. The molecule has 2 heterocycles. The lowest BCUT2D eigenvalue weighted by molar-refractivity contribution is 0.0951. The first-order valence-electron chi connectivity index (χ1n) is 9.48. The molecule has 6 heteroatoms. The zero-order valence-electron chi connectivity index (χ0n) is 16.7. The van der Waals surface area contributed by atoms with Crippen molar-refractivity contribution in [1.82, 2.24) is 14.7 Å². The summed E-state index contributed by atoms with van der Waals surface area (Å²) in [5, 5.41) is 5.69. The van der Waals surface area contributed by atoms with Crippen LogP contribution in [0.2, 0.25) is 0 Å². The Morgan fingerprint density at radius 1 is 1.04 bits per heavy atom. The van der Waals surface area contributed by atoms with Crippen molar-refractivity contribution in [3.63, 3.8) is 0 Å². The molecule has 0 spiro atoms. The molecule has 0 fully saturated rings. The van der Waals surface area contributed by atoms with Gasteiger partial charge in [0.05, 0.1) is 5.52 Å². The number of nitrogens with zero attached hydrogens (tertiary/aromatic N) is 2. The highest BCUT2D eigenvalue weighted by molar-refractivity contribution is 6.06. The van der Waals surface area contributed by atoms with Crippen LogP contribution in [0, 0.1) is 0 Å². The van der Waals surface area contributed by atoms with Crippen molar-refractivity contribution in [2.75, 3.05) is 11.9 Å². The monoisotopic (exact) mass is 378 g/mol. The second-order valence-electron chi connectivity index (χ2n) is 7.78. The Kier molecular flexibility index (Phi) is 5.49. The quantitative estimate of drug-likeness (QED) is 0.704. The van der Waals surface area contributed by atoms with Gasteiger partial charge in [0, 0.05) is 18.4 Å². The summed E-state index contributed by atoms with van der Waals surface area (Å²) in [5.41, 5.74) is 2.77. The lowest BCUT2D eigenvalue weighted by Gasteiger charge is -2.19. The number of fused-ring (bicyclic) bond motifs is 1. The van der Waals surface area contributed by atoms with Gasteiger partial charge in [0.2, 0.25) is 5.82 Å². The number of aromatic nitrogens is 2. The molecule has 6 nitrogen and oxygen atoms in total. The molecule has 0 aliphatic carbocycles. The molecule has 0 aliphatic rings. The van der Waals surface area contributed by atoms with Gasteiger partial charge in [-0.1, -0.05) is 45.9 Å². The Morgan fingerprint density at radius 2 is 1.75 bits per heavy atom. The zero-order chi connectivity index (χ0) is 20.3. The van der Waals surface area contributed by atoms with Gasteiger partial charge in [-0.25, -0.2) is 4.98 Å². The second kappa shape index (κ2) is 7.84. The molecule has 0 saturated heterocycles. The minimum atomic E-state index is -0.362. The van der Waals surface area contributed by atoms with E-state index in [-0.39, 0.29) is 28.7 Å². The molecule has 0 aliphatic heterocycles. The first-order chi connectivity index (χ1) is 13.3. The van der Waals surface area contributed by atoms with Crippen molar-refractivity contribution < 1.29 is 9.59 Å². The van der Waals surface area contributed by atoms with Crippen molar-refractivity contribution in [1.29, 1.82) is 0 Å². The summed E-state index contributed by atoms with van der Waals surface area (Å²) >= 11 is 0. The third kappa shape index (κ3) is 4.06. The number of nitrogens with one attached hydrogen (secondary N) is 2. The zero-order valence-corrected chi connectivity index (χ0v) is 16.7. The first-order valence-corrected chi connectivity index (χ1v) is 9.48. The minimum absolute atomic E-state index is 0.0442. The van der Waals surface area contributed by atoms with Crippen molar-refractivity contribution in [2.45, 2.75) is 39.5 Å². The number of amides is 2. The summed E-state index contributed by atoms with van der Waals surface area (Å²) in [7, 11) is 0. The third-order valence-corrected chi connectivity index (χ3v) is 4.51. The van der Waals surface area contributed by atoms with E-state index in [2.05, 4.69) is 36.4 Å². The lowest BCUT2D eigenvalue weighted by atomic mass is 9.87. The third-order valence-electron chi connectivity index (χ3n) is 4.51. The Labute approximate surface area is 165 Å². The molecule has 146 valence electrons. The van der Waals surface area contributed by atoms with Gasteiger partial charge >= 0.3 is 0 Å². The summed E-state index contributed by atoms with van der Waals surface area (Å²) in [5.74, 6) is -0.462. The SMILES string of the molecule is CCCNC(=O)c1nc(C(=O)Nc2ccc(C(C)(C)C)cc2)n2ccccc12. The van der Waals surface area contributed by atoms with E-state index in [1.165, 1.54) is 5.56 Å². The van der Waals surface area contributed by atoms with E-state index < -0.39 is 0 Å². The van der Waals surface area contributed by atoms with Crippen LogP contribution in [-0.4, -0.2) is 27.7 Å². The van der Waals surface area contributed by atoms with Crippen LogP contribution in [0.25, 0.3) is 5.52 Å². The summed E-state index contributed by atoms with van der Waals surface area (Å²) in [4.78, 5) is 29.6. The largest absolute Gasteiger partial charge is 0.351 e. The molecular formula is C22H26N4O2. The molecule has 28 heavy (non-hydrogen) atoms. The van der Waals surface area contributed by atoms with Gasteiger partial charge in [0.1, 0.15) is 0 Å². The van der Waals surface area contributed by atoms with Crippen molar-refractivity contribution >= 4 is 23.0 Å². The number of carbonyl (C=O) groups is 2. The van der Waals surface area contributed by atoms with E-state index in [4.69, 9.17) is 0 Å². The van der Waals surface area contributed by atoms with Crippen molar-refractivity contribution in [3.05, 3.63) is 65.7 Å². The summed E-state index contributed by atoms with van der Waals surface area (Å²) in [6.45, 7) is 8.97. The number of benzene rings is 1. The molecule has 0 unspecified atom stereocenters. The number of anilines is 1. The highest BCUT2D eigenvalue weighted by Gasteiger charge is 2.21. The number of rotatable bonds is 5. The normalized spacial score (nSPS) is 11.4. The predicted octanol–water partition coefficient (Wildman–Crippen LogP) is 4.02. The van der Waals surface area contributed by atoms with E-state index in [9.17, 15) is 9.59 Å². The number of imidazole rings is 1. The average Bonchev–Trinajstić information content (AvgIpc) is 3.06. The van der Waals surface area contributed by atoms with Crippen LogP contribution >= 0.6 is 0 Å². The van der Waals surface area contributed by atoms with Gasteiger partial charge < -0.3 is 10.6 Å². The van der Waals surface area contributed by atoms with E-state index in [0.717, 1.165) is 6.42 Å². The van der Waals surface area contributed by atoms with Crippen molar-refractivity contribution in [2.24, 2.45) is 0 Å². The maximum absolute atomic E-state index is 12.8. The summed E-state index contributed by atoms with van der Waals surface area (Å²) in [6, 6.07) is 13.2. The molecule has 0 bridgehead atoms. The number of hydrogen-bond donors (Lipinski definition) is 2. The molecule has 2 N–H and O–H groups in total. The number of carbonyl (C=O) groups excluding carboxylic acids is 2. The van der Waals surface area contributed by atoms with Gasteiger partial charge in [-0.05, 0) is 41.7 Å². The molecule has 0 radical (unpaired) electrons. The number of pyridine rings is 1. The highest BCUT2D eigenvalue weighted by atomic mass is 16.2. The van der Waals surface area contributed by atoms with Crippen molar-refractivity contribution in [3.8, 4) is 0 Å². The van der Waals surface area contributed by atoms with Gasteiger partial charge in [0.25, 0.3) is 11.8 Å². The van der Waals surface area contributed by atoms with Crippen LogP contribution in [0.3, 0.4) is 0 Å². The van der Waals surface area contributed by atoms with Crippen LogP contribution in [-0.2, 0) is 5.41 Å². The fraction of sp³-hybridized carbons (Fsp3) is 0.318. The van der Waals surface area contributed by atoms with Gasteiger partial charge in [0.15, 0.2) is 5.69 Å². The first kappa shape index (κ1) is 19.6. The Bertz CT molecular complexity index is 998. The van der Waals surface area contributed by atoms with Gasteiger partial charge in [-0.15, -0.1) is 0 Å². The fourth-order valence-electron chi connectivity index (χ4n) is 2.93. The molecule has 3 rings (SSSR count). The Balaban J connectivity index is 1.88. The average molecular weight is 378 g/mol. The molecule has 0 atom stereocenters. The minimum Gasteiger partial charge on any atom is -0.351 e. The van der Waals surface area contributed by atoms with E-state index in [0.29, 0.717) is 17.7 Å². The summed E-state index contributed by atoms with van der Waals surface area (Å²) < 4.78 is 1.64. The van der Waals surface area contributed by atoms with Crippen LogP contribution in [0.15, 0.2) is 48.7 Å². The fourth-order valence-corrected chi connectivity index (χ4v) is 2.93. The van der Waals surface area contributed by atoms with E-state index >= 15 is 0 Å². The predicted molar refractivity (Wildman–Crippen MR) is 111 cm³/mol. The highest BCUT2D eigenvalue weighted by Crippen LogP contribution is 2.24. The van der Waals surface area contributed by atoms with Crippen LogP contribution < -0.4 is 10.6 Å². The maximum Gasteiger partial charge on any atom is 0.292 e. The van der Waals surface area contributed by atoms with Crippen LogP contribution in [0.4, 0.5) is 5.69 Å². The molecular weight excluding hydrogens is 352 g/mol. The molecule has 0 saturated carbocycles. The van der Waals surface area contributed by atoms with E-state index in [1.807, 2.05) is 37.3 Å². The van der Waals surface area contributed by atoms with E-state index in [1.54, 1.807) is 22.7 Å².